The van der Waals surface area contributed by atoms with E-state index < -0.39 is 29.5 Å². The Bertz CT molecular complexity index is 684. The van der Waals surface area contributed by atoms with Crippen molar-refractivity contribution in [2.24, 2.45) is 17.3 Å². The van der Waals surface area contributed by atoms with Gasteiger partial charge in [0, 0.05) is 37.5 Å². The molecule has 0 saturated heterocycles. The maximum atomic E-state index is 13.3. The van der Waals surface area contributed by atoms with Crippen LogP contribution in [0.5, 0.6) is 0 Å². The Morgan fingerprint density at radius 1 is 1.34 bits per heavy atom. The van der Waals surface area contributed by atoms with Crippen molar-refractivity contribution < 1.29 is 23.8 Å². The highest BCUT2D eigenvalue weighted by molar-refractivity contribution is 5.65. The number of aliphatic hydroxyl groups is 1. The van der Waals surface area contributed by atoms with Gasteiger partial charge in [-0.2, -0.15) is 0 Å². The second-order valence-corrected chi connectivity index (χ2v) is 9.07. The van der Waals surface area contributed by atoms with E-state index in [1.807, 2.05) is 26.8 Å². The fraction of sp³-hybridized carbons (Fsp3) is 0.667. The predicted molar refractivity (Wildman–Crippen MR) is 108 cm³/mol. The quantitative estimate of drug-likeness (QED) is 0.541. The Morgan fingerprint density at radius 3 is 2.52 bits per heavy atom. The summed E-state index contributed by atoms with van der Waals surface area (Å²) in [5.41, 5.74) is 0.821. The van der Waals surface area contributed by atoms with Gasteiger partial charge in [-0.15, -0.1) is 0 Å². The van der Waals surface area contributed by atoms with Crippen LogP contribution >= 0.6 is 0 Å². The van der Waals surface area contributed by atoms with Crippen molar-refractivity contribution in [1.29, 1.82) is 0 Å². The minimum atomic E-state index is -2.55. The maximum absolute atomic E-state index is 13.3. The average molecular weight is 413 g/mol. The molecule has 2 atom stereocenters. The number of halogens is 2. The van der Waals surface area contributed by atoms with Gasteiger partial charge >= 0.3 is 6.09 Å². The standard InChI is InChI=1S/C21H31F2N2O4/c1-20(2,3)17(13-25(29)19(27)28)18(26)15-5-4-6-16(11-15)24-12-14-7-9-21(22,23)10-8-14/h4-6,11,14,17-18,24,26H,7-10,12-13H2,1-3H3,(H,27,28)/q-1. The molecule has 0 spiro atoms. The average Bonchev–Trinajstić information content (AvgIpc) is 2.63. The van der Waals surface area contributed by atoms with Crippen molar-refractivity contribution in [3.05, 3.63) is 35.0 Å². The van der Waals surface area contributed by atoms with E-state index in [4.69, 9.17) is 5.11 Å². The van der Waals surface area contributed by atoms with Gasteiger partial charge in [0.1, 0.15) is 0 Å². The number of nitrogens with one attached hydrogen (secondary N) is 1. The summed E-state index contributed by atoms with van der Waals surface area (Å²) < 4.78 is 26.6. The Kier molecular flexibility index (Phi) is 7.45. The number of amides is 1. The molecule has 1 aromatic rings. The number of benzene rings is 1. The van der Waals surface area contributed by atoms with Crippen LogP contribution < -0.4 is 5.32 Å². The summed E-state index contributed by atoms with van der Waals surface area (Å²) in [6, 6.07) is 7.08. The summed E-state index contributed by atoms with van der Waals surface area (Å²) in [4.78, 5) is 10.9. The molecular formula is C21H31F2N2O4-. The molecule has 1 aliphatic carbocycles. The predicted octanol–water partition coefficient (Wildman–Crippen LogP) is 5.10. The molecule has 29 heavy (non-hydrogen) atoms. The summed E-state index contributed by atoms with van der Waals surface area (Å²) in [6.07, 6.45) is -1.83. The first kappa shape index (κ1) is 23.3. The lowest BCUT2D eigenvalue weighted by Gasteiger charge is -2.39. The Hall–Kier alpha value is -1.93. The second-order valence-electron chi connectivity index (χ2n) is 9.07. The van der Waals surface area contributed by atoms with Crippen molar-refractivity contribution in [3.8, 4) is 0 Å². The number of carbonyl (C=O) groups is 1. The zero-order chi connectivity index (χ0) is 21.8. The minimum Gasteiger partial charge on any atom is -0.754 e. The summed E-state index contributed by atoms with van der Waals surface area (Å²) in [7, 11) is 0. The number of alkyl halides is 2. The lowest BCUT2D eigenvalue weighted by atomic mass is 9.75. The van der Waals surface area contributed by atoms with Crippen LogP contribution in [0.4, 0.5) is 19.3 Å². The lowest BCUT2D eigenvalue weighted by molar-refractivity contribution is -0.0443. The molecule has 1 saturated carbocycles. The molecule has 0 aromatic heterocycles. The molecule has 2 unspecified atom stereocenters. The molecule has 1 amide bonds. The molecular weight excluding hydrogens is 382 g/mol. The van der Waals surface area contributed by atoms with E-state index in [1.165, 1.54) is 0 Å². The fourth-order valence-electron chi connectivity index (χ4n) is 3.74. The number of hydrogen-bond donors (Lipinski definition) is 3. The van der Waals surface area contributed by atoms with Crippen LogP contribution in [0, 0.1) is 22.5 Å². The van der Waals surface area contributed by atoms with Gasteiger partial charge in [-0.05, 0) is 41.9 Å². The molecule has 1 fully saturated rings. The Labute approximate surface area is 170 Å². The molecule has 0 radical (unpaired) electrons. The van der Waals surface area contributed by atoms with E-state index in [-0.39, 0.29) is 30.4 Å². The summed E-state index contributed by atoms with van der Waals surface area (Å²) in [6.45, 7) is 5.77. The zero-order valence-corrected chi connectivity index (χ0v) is 17.2. The van der Waals surface area contributed by atoms with Gasteiger partial charge in [0.2, 0.25) is 5.92 Å². The van der Waals surface area contributed by atoms with E-state index in [0.29, 0.717) is 24.9 Å². The van der Waals surface area contributed by atoms with Crippen molar-refractivity contribution in [3.63, 3.8) is 0 Å². The van der Waals surface area contributed by atoms with Crippen molar-refractivity contribution >= 4 is 11.8 Å². The normalized spacial score (nSPS) is 19.4. The first-order chi connectivity index (χ1) is 13.4. The summed E-state index contributed by atoms with van der Waals surface area (Å²) in [5.74, 6) is -2.98. The van der Waals surface area contributed by atoms with Gasteiger partial charge < -0.3 is 25.8 Å². The van der Waals surface area contributed by atoms with E-state index in [9.17, 15) is 23.9 Å². The van der Waals surface area contributed by atoms with Gasteiger partial charge in [-0.25, -0.2) is 13.6 Å². The largest absolute Gasteiger partial charge is 0.754 e. The van der Waals surface area contributed by atoms with Crippen LogP contribution in [-0.2, 0) is 0 Å². The lowest BCUT2D eigenvalue weighted by Crippen LogP contribution is -2.38. The van der Waals surface area contributed by atoms with Gasteiger partial charge in [-0.1, -0.05) is 32.9 Å². The molecule has 0 heterocycles. The fourth-order valence-corrected chi connectivity index (χ4v) is 3.74. The molecule has 0 aliphatic heterocycles. The number of hydroxylamine groups is 2. The maximum Gasteiger partial charge on any atom is 0.396 e. The topological polar surface area (TPSA) is 95.9 Å². The smallest absolute Gasteiger partial charge is 0.396 e. The molecule has 0 bridgehead atoms. The van der Waals surface area contributed by atoms with E-state index >= 15 is 0 Å². The van der Waals surface area contributed by atoms with Crippen molar-refractivity contribution in [2.75, 3.05) is 18.4 Å². The highest BCUT2D eigenvalue weighted by atomic mass is 19.3. The third-order valence-electron chi connectivity index (χ3n) is 5.73. The highest BCUT2D eigenvalue weighted by Gasteiger charge is 2.35. The van der Waals surface area contributed by atoms with Crippen LogP contribution in [0.1, 0.15) is 58.1 Å². The number of nitrogens with zero attached hydrogens (tertiary/aromatic N) is 1. The zero-order valence-electron chi connectivity index (χ0n) is 17.2. The molecule has 6 nitrogen and oxygen atoms in total. The minimum absolute atomic E-state index is 0.0555. The van der Waals surface area contributed by atoms with Crippen LogP contribution in [0.2, 0.25) is 0 Å². The Balaban J connectivity index is 2.05. The SMILES string of the molecule is CC(C)(C)C(CN([O-])C(=O)O)C(O)c1cccc(NCC2CCC(F)(F)CC2)c1. The number of anilines is 1. The molecule has 164 valence electrons. The van der Waals surface area contributed by atoms with E-state index in [1.54, 1.807) is 18.2 Å². The van der Waals surface area contributed by atoms with Gasteiger partial charge in [0.15, 0.2) is 0 Å². The molecule has 2 rings (SSSR count). The van der Waals surface area contributed by atoms with Gasteiger partial charge in [0.25, 0.3) is 0 Å². The molecule has 8 heteroatoms. The summed E-state index contributed by atoms with van der Waals surface area (Å²) >= 11 is 0. The first-order valence-electron chi connectivity index (χ1n) is 9.96. The van der Waals surface area contributed by atoms with Crippen LogP contribution in [0.3, 0.4) is 0 Å². The molecule has 1 aliphatic rings. The monoisotopic (exact) mass is 413 g/mol. The number of carboxylic acid groups (broad SMARTS) is 1. The third-order valence-corrected chi connectivity index (χ3v) is 5.73. The second kappa shape index (κ2) is 9.26. The van der Waals surface area contributed by atoms with E-state index in [0.717, 1.165) is 5.69 Å². The number of aliphatic hydroxyl groups excluding tert-OH is 1. The number of hydrogen-bond acceptors (Lipinski definition) is 4. The first-order valence-corrected chi connectivity index (χ1v) is 9.96. The highest BCUT2D eigenvalue weighted by Crippen LogP contribution is 2.38. The van der Waals surface area contributed by atoms with E-state index in [2.05, 4.69) is 5.32 Å². The Morgan fingerprint density at radius 2 is 1.97 bits per heavy atom. The number of rotatable bonds is 7. The third kappa shape index (κ3) is 6.82. The van der Waals surface area contributed by atoms with Gasteiger partial charge in [-0.3, -0.25) is 0 Å². The van der Waals surface area contributed by atoms with Crippen molar-refractivity contribution in [2.45, 2.75) is 58.5 Å². The van der Waals surface area contributed by atoms with Crippen LogP contribution in [-0.4, -0.2) is 40.4 Å². The molecule has 1 aromatic carbocycles. The van der Waals surface area contributed by atoms with Gasteiger partial charge in [0.05, 0.1) is 6.10 Å². The van der Waals surface area contributed by atoms with Crippen LogP contribution in [0.15, 0.2) is 24.3 Å². The summed E-state index contributed by atoms with van der Waals surface area (Å²) in [5, 5.41) is 34.6. The van der Waals surface area contributed by atoms with Crippen molar-refractivity contribution in [1.82, 2.24) is 5.06 Å². The molecule has 3 N–H and O–H groups in total. The van der Waals surface area contributed by atoms with Crippen LogP contribution in [0.25, 0.3) is 0 Å².